The monoisotopic (exact) mass is 389 g/mol. The third-order valence-corrected chi connectivity index (χ3v) is 4.14. The SMILES string of the molecule is COc1cc(C(=O)NNC(=S)Nc2c(C)cccc2C)cc(OC)c1OC. The second kappa shape index (κ2) is 9.09. The number of anilines is 1. The molecule has 1 amide bonds. The molecular weight excluding hydrogens is 366 g/mol. The van der Waals surface area contributed by atoms with Crippen molar-refractivity contribution >= 4 is 28.9 Å². The fourth-order valence-corrected chi connectivity index (χ4v) is 2.71. The molecule has 0 spiro atoms. The molecule has 0 unspecified atom stereocenters. The zero-order chi connectivity index (χ0) is 20.0. The van der Waals surface area contributed by atoms with Gasteiger partial charge in [0.15, 0.2) is 16.6 Å². The molecule has 0 radical (unpaired) electrons. The van der Waals surface area contributed by atoms with Crippen LogP contribution in [0.3, 0.4) is 0 Å². The largest absolute Gasteiger partial charge is 0.493 e. The highest BCUT2D eigenvalue weighted by Crippen LogP contribution is 2.38. The zero-order valence-electron chi connectivity index (χ0n) is 15.9. The summed E-state index contributed by atoms with van der Waals surface area (Å²) in [5.74, 6) is 0.785. The second-order valence-corrected chi connectivity index (χ2v) is 6.12. The minimum atomic E-state index is -0.403. The zero-order valence-corrected chi connectivity index (χ0v) is 16.7. The Balaban J connectivity index is 2.08. The van der Waals surface area contributed by atoms with Crippen LogP contribution in [0.1, 0.15) is 21.5 Å². The molecule has 0 aromatic heterocycles. The van der Waals surface area contributed by atoms with Crippen LogP contribution in [-0.2, 0) is 0 Å². The van der Waals surface area contributed by atoms with Gasteiger partial charge in [0.2, 0.25) is 5.75 Å². The molecule has 0 aliphatic heterocycles. The molecule has 0 heterocycles. The van der Waals surface area contributed by atoms with Gasteiger partial charge in [0, 0.05) is 11.3 Å². The third kappa shape index (κ3) is 4.79. The van der Waals surface area contributed by atoms with Gasteiger partial charge in [-0.25, -0.2) is 0 Å². The molecule has 2 aromatic rings. The van der Waals surface area contributed by atoms with Crippen molar-refractivity contribution in [3.63, 3.8) is 0 Å². The number of hydrazine groups is 1. The van der Waals surface area contributed by atoms with Crippen molar-refractivity contribution in [2.75, 3.05) is 26.6 Å². The van der Waals surface area contributed by atoms with Gasteiger partial charge >= 0.3 is 0 Å². The van der Waals surface area contributed by atoms with Crippen LogP contribution in [0.2, 0.25) is 0 Å². The van der Waals surface area contributed by atoms with Crippen LogP contribution < -0.4 is 30.4 Å². The molecule has 2 aromatic carbocycles. The molecule has 0 atom stereocenters. The highest BCUT2D eigenvalue weighted by atomic mass is 32.1. The summed E-state index contributed by atoms with van der Waals surface area (Å²) in [6, 6.07) is 9.04. The fourth-order valence-electron chi connectivity index (χ4n) is 2.55. The topological polar surface area (TPSA) is 80.9 Å². The predicted molar refractivity (Wildman–Crippen MR) is 109 cm³/mol. The summed E-state index contributed by atoms with van der Waals surface area (Å²) in [6.07, 6.45) is 0. The fraction of sp³-hybridized carbons (Fsp3) is 0.263. The highest BCUT2D eigenvalue weighted by molar-refractivity contribution is 7.80. The van der Waals surface area contributed by atoms with Gasteiger partial charge in [0.25, 0.3) is 5.91 Å². The van der Waals surface area contributed by atoms with E-state index in [-0.39, 0.29) is 5.11 Å². The number of benzene rings is 2. The van der Waals surface area contributed by atoms with Gasteiger partial charge in [-0.1, -0.05) is 18.2 Å². The molecule has 144 valence electrons. The van der Waals surface area contributed by atoms with E-state index in [0.29, 0.717) is 22.8 Å². The van der Waals surface area contributed by atoms with Crippen LogP contribution in [0.15, 0.2) is 30.3 Å². The van der Waals surface area contributed by atoms with Gasteiger partial charge in [-0.05, 0) is 49.3 Å². The number of amides is 1. The number of aryl methyl sites for hydroxylation is 2. The normalized spacial score (nSPS) is 9.96. The van der Waals surface area contributed by atoms with Crippen molar-refractivity contribution in [1.82, 2.24) is 10.9 Å². The Hall–Kier alpha value is -3.00. The summed E-state index contributed by atoms with van der Waals surface area (Å²) >= 11 is 5.25. The standard InChI is InChI=1S/C19H23N3O4S/c1-11-7-6-8-12(2)16(11)20-19(27)22-21-18(23)13-9-14(24-3)17(26-5)15(10-13)25-4/h6-10H,1-5H3,(H,21,23)(H2,20,22,27). The molecule has 8 heteroatoms. The van der Waals surface area contributed by atoms with E-state index < -0.39 is 5.91 Å². The van der Waals surface area contributed by atoms with Crippen molar-refractivity contribution in [2.45, 2.75) is 13.8 Å². The number of methoxy groups -OCH3 is 3. The van der Waals surface area contributed by atoms with Gasteiger partial charge < -0.3 is 19.5 Å². The van der Waals surface area contributed by atoms with Crippen molar-refractivity contribution in [2.24, 2.45) is 0 Å². The average molecular weight is 389 g/mol. The van der Waals surface area contributed by atoms with E-state index in [9.17, 15) is 4.79 Å². The first kappa shape index (κ1) is 20.3. The van der Waals surface area contributed by atoms with Crippen molar-refractivity contribution < 1.29 is 19.0 Å². The van der Waals surface area contributed by atoms with Crippen molar-refractivity contribution in [1.29, 1.82) is 0 Å². The lowest BCUT2D eigenvalue weighted by Crippen LogP contribution is -2.43. The quantitative estimate of drug-likeness (QED) is 0.536. The molecule has 3 N–H and O–H groups in total. The maximum Gasteiger partial charge on any atom is 0.269 e. The Labute approximate surface area is 164 Å². The summed E-state index contributed by atoms with van der Waals surface area (Å²) in [6.45, 7) is 3.96. The molecule has 7 nitrogen and oxygen atoms in total. The van der Waals surface area contributed by atoms with E-state index in [4.69, 9.17) is 26.4 Å². The van der Waals surface area contributed by atoms with Gasteiger partial charge in [-0.15, -0.1) is 0 Å². The first-order chi connectivity index (χ1) is 12.9. The Morgan fingerprint density at radius 2 is 1.48 bits per heavy atom. The first-order valence-electron chi connectivity index (χ1n) is 8.14. The Kier molecular flexibility index (Phi) is 6.84. The molecular formula is C19H23N3O4S. The molecule has 0 bridgehead atoms. The summed E-state index contributed by atoms with van der Waals surface area (Å²) in [5.41, 5.74) is 8.58. The van der Waals surface area contributed by atoms with Crippen LogP contribution in [0.4, 0.5) is 5.69 Å². The molecule has 0 aliphatic carbocycles. The second-order valence-electron chi connectivity index (χ2n) is 5.71. The number of thiocarbonyl (C=S) groups is 1. The number of carbonyl (C=O) groups excluding carboxylic acids is 1. The molecule has 0 fully saturated rings. The van der Waals surface area contributed by atoms with Crippen LogP contribution in [0.25, 0.3) is 0 Å². The lowest BCUT2D eigenvalue weighted by molar-refractivity contribution is 0.0943. The van der Waals surface area contributed by atoms with E-state index >= 15 is 0 Å². The van der Waals surface area contributed by atoms with Crippen molar-refractivity contribution in [3.05, 3.63) is 47.0 Å². The van der Waals surface area contributed by atoms with E-state index in [0.717, 1.165) is 16.8 Å². The lowest BCUT2D eigenvalue weighted by atomic mass is 10.1. The summed E-state index contributed by atoms with van der Waals surface area (Å²) in [7, 11) is 4.47. The van der Waals surface area contributed by atoms with E-state index in [2.05, 4.69) is 16.2 Å². The molecule has 0 saturated heterocycles. The summed E-state index contributed by atoms with van der Waals surface area (Å²) in [4.78, 5) is 12.5. The van der Waals surface area contributed by atoms with Crippen LogP contribution in [0, 0.1) is 13.8 Å². The molecule has 27 heavy (non-hydrogen) atoms. The number of para-hydroxylation sites is 1. The molecule has 0 saturated carbocycles. The number of hydrogen-bond acceptors (Lipinski definition) is 5. The maximum atomic E-state index is 12.5. The predicted octanol–water partition coefficient (Wildman–Crippen LogP) is 2.96. The number of rotatable bonds is 5. The van der Waals surface area contributed by atoms with Gasteiger partial charge in [-0.3, -0.25) is 15.6 Å². The summed E-state index contributed by atoms with van der Waals surface area (Å²) in [5, 5.41) is 3.36. The van der Waals surface area contributed by atoms with E-state index in [1.807, 2.05) is 32.0 Å². The smallest absolute Gasteiger partial charge is 0.269 e. The first-order valence-corrected chi connectivity index (χ1v) is 8.55. The highest BCUT2D eigenvalue weighted by Gasteiger charge is 2.17. The van der Waals surface area contributed by atoms with Crippen LogP contribution in [0.5, 0.6) is 17.2 Å². The van der Waals surface area contributed by atoms with E-state index in [1.54, 1.807) is 12.1 Å². The Bertz CT molecular complexity index is 810. The van der Waals surface area contributed by atoms with Crippen molar-refractivity contribution in [3.8, 4) is 17.2 Å². The summed E-state index contributed by atoms with van der Waals surface area (Å²) < 4.78 is 15.8. The number of ether oxygens (including phenoxy) is 3. The van der Waals surface area contributed by atoms with Crippen LogP contribution in [-0.4, -0.2) is 32.3 Å². The Morgan fingerprint density at radius 3 is 1.96 bits per heavy atom. The maximum absolute atomic E-state index is 12.5. The number of nitrogens with one attached hydrogen (secondary N) is 3. The minimum Gasteiger partial charge on any atom is -0.493 e. The molecule has 2 rings (SSSR count). The lowest BCUT2D eigenvalue weighted by Gasteiger charge is -2.16. The van der Waals surface area contributed by atoms with Gasteiger partial charge in [-0.2, -0.15) is 0 Å². The average Bonchev–Trinajstić information content (AvgIpc) is 2.67. The van der Waals surface area contributed by atoms with Crippen LogP contribution >= 0.6 is 12.2 Å². The third-order valence-electron chi connectivity index (χ3n) is 3.94. The number of hydrogen-bond donors (Lipinski definition) is 3. The van der Waals surface area contributed by atoms with Gasteiger partial charge in [0.05, 0.1) is 21.3 Å². The van der Waals surface area contributed by atoms with Gasteiger partial charge in [0.1, 0.15) is 0 Å². The minimum absolute atomic E-state index is 0.271. The van der Waals surface area contributed by atoms with E-state index in [1.165, 1.54) is 21.3 Å². The molecule has 0 aliphatic rings. The Morgan fingerprint density at radius 1 is 0.926 bits per heavy atom. The number of carbonyl (C=O) groups is 1.